The van der Waals surface area contributed by atoms with Crippen LogP contribution in [0.1, 0.15) is 87.8 Å². The number of anilines is 2. The summed E-state index contributed by atoms with van der Waals surface area (Å²) < 4.78 is 21.2. The lowest BCUT2D eigenvalue weighted by Crippen LogP contribution is -2.50. The highest BCUT2D eigenvalue weighted by atomic mass is 19.1. The van der Waals surface area contributed by atoms with Crippen molar-refractivity contribution in [3.8, 4) is 17.0 Å². The van der Waals surface area contributed by atoms with Crippen LogP contribution in [-0.4, -0.2) is 138 Å². The number of rotatable bonds is 14. The number of aryl methyl sites for hydroxylation is 1. The number of carbonyl (C=O) groups is 6. The monoisotopic (exact) mass is 969 g/mol. The molecule has 5 N–H and O–H groups in total. The van der Waals surface area contributed by atoms with Crippen LogP contribution in [0.3, 0.4) is 0 Å². The number of hydrogen-bond donors (Lipinski definition) is 4. The third-order valence-corrected chi connectivity index (χ3v) is 13.6. The normalized spacial score (nSPS) is 17.8. The molecule has 4 heterocycles. The Bertz CT molecular complexity index is 2840. The number of carbonyl (C=O) groups excluding carboxylic acids is 6. The van der Waals surface area contributed by atoms with E-state index < -0.39 is 11.7 Å². The van der Waals surface area contributed by atoms with Gasteiger partial charge < -0.3 is 41.1 Å². The number of piperazine rings is 1. The first-order valence-electron chi connectivity index (χ1n) is 24.0. The molecule has 1 unspecified atom stereocenters. The van der Waals surface area contributed by atoms with Gasteiger partial charge in [-0.2, -0.15) is 0 Å². The predicted octanol–water partition coefficient (Wildman–Crippen LogP) is 4.31. The molecular weight excluding hydrogens is 910 g/mol. The van der Waals surface area contributed by atoms with Gasteiger partial charge in [-0.15, -0.1) is 0 Å². The van der Waals surface area contributed by atoms with Crippen molar-refractivity contribution < 1.29 is 37.9 Å². The van der Waals surface area contributed by atoms with Gasteiger partial charge in [0, 0.05) is 101 Å². The topological polar surface area (TPSA) is 217 Å². The zero-order valence-electron chi connectivity index (χ0n) is 40.3. The van der Waals surface area contributed by atoms with Crippen LogP contribution in [-0.2, 0) is 25.7 Å². The maximum absolute atomic E-state index is 13.9. The van der Waals surface area contributed by atoms with Crippen molar-refractivity contribution in [2.45, 2.75) is 64.0 Å². The molecule has 2 aromatic heterocycles. The number of nitrogens with zero attached hydrogens (tertiary/aromatic N) is 7. The predicted molar refractivity (Wildman–Crippen MR) is 266 cm³/mol. The molecule has 71 heavy (non-hydrogen) atoms. The molecule has 19 heteroatoms. The maximum Gasteiger partial charge on any atom is 0.255 e. The number of fused-ring (bicyclic) bond motifs is 3. The second-order valence-electron chi connectivity index (χ2n) is 18.2. The summed E-state index contributed by atoms with van der Waals surface area (Å²) in [5.41, 5.74) is 12.3. The van der Waals surface area contributed by atoms with Crippen molar-refractivity contribution in [2.24, 2.45) is 0 Å². The van der Waals surface area contributed by atoms with E-state index in [1.54, 1.807) is 41.2 Å². The highest BCUT2D eigenvalue weighted by Gasteiger charge is 2.33. The van der Waals surface area contributed by atoms with Crippen LogP contribution in [0.4, 0.5) is 15.9 Å². The Balaban J connectivity index is 0.909. The average molecular weight is 970 g/mol. The lowest BCUT2D eigenvalue weighted by molar-refractivity contribution is -0.136. The molecule has 2 fully saturated rings. The molecule has 1 aliphatic carbocycles. The first-order valence-corrected chi connectivity index (χ1v) is 24.0. The van der Waals surface area contributed by atoms with Gasteiger partial charge in [0.2, 0.25) is 24.1 Å². The van der Waals surface area contributed by atoms with E-state index in [9.17, 15) is 33.2 Å². The SMILES string of the molecule is CNC(=O)CCN(C=O)c1cc(C(=O)N2CCN(CCC(=O)N3CC/C=C/c4cnc(N)c5c(-c6ccc(CNC(=O)c7cc(F)ccc7OC)cc6)nc(n45)[C@@H]4CCC(C4)NC(=O)C3)CC2)ccc1C. The summed E-state index contributed by atoms with van der Waals surface area (Å²) in [4.78, 5) is 94.6. The van der Waals surface area contributed by atoms with Gasteiger partial charge in [0.15, 0.2) is 0 Å². The third-order valence-electron chi connectivity index (χ3n) is 13.6. The van der Waals surface area contributed by atoms with E-state index in [1.807, 2.05) is 43.3 Å². The Morgan fingerprint density at radius 3 is 2.52 bits per heavy atom. The Morgan fingerprint density at radius 2 is 1.77 bits per heavy atom. The van der Waals surface area contributed by atoms with Gasteiger partial charge in [0.25, 0.3) is 11.8 Å². The van der Waals surface area contributed by atoms with Crippen molar-refractivity contribution in [3.63, 3.8) is 0 Å². The quantitative estimate of drug-likeness (QED) is 0.115. The zero-order valence-corrected chi connectivity index (χ0v) is 40.3. The summed E-state index contributed by atoms with van der Waals surface area (Å²) in [5, 5.41) is 8.59. The van der Waals surface area contributed by atoms with Gasteiger partial charge in [-0.25, -0.2) is 14.4 Å². The van der Waals surface area contributed by atoms with E-state index in [2.05, 4.69) is 30.2 Å². The Labute approximate surface area is 411 Å². The van der Waals surface area contributed by atoms with Gasteiger partial charge in [-0.05, 0) is 80.1 Å². The van der Waals surface area contributed by atoms with Crippen LogP contribution in [0.2, 0.25) is 0 Å². The average Bonchev–Trinajstić information content (AvgIpc) is 4.02. The van der Waals surface area contributed by atoms with E-state index in [0.29, 0.717) is 86.8 Å². The van der Waals surface area contributed by atoms with Gasteiger partial charge in [-0.3, -0.25) is 38.1 Å². The van der Waals surface area contributed by atoms with E-state index in [4.69, 9.17) is 15.5 Å². The number of nitrogens with two attached hydrogens (primary N) is 1. The summed E-state index contributed by atoms with van der Waals surface area (Å²) in [7, 11) is 2.96. The smallest absolute Gasteiger partial charge is 0.255 e. The van der Waals surface area contributed by atoms with Crippen molar-refractivity contribution in [3.05, 3.63) is 113 Å². The van der Waals surface area contributed by atoms with Crippen LogP contribution in [0, 0.1) is 12.7 Å². The molecule has 372 valence electrons. The Morgan fingerprint density at radius 1 is 0.986 bits per heavy atom. The highest BCUT2D eigenvalue weighted by molar-refractivity contribution is 5.97. The molecule has 0 radical (unpaired) electrons. The number of methoxy groups -OCH3 is 1. The van der Waals surface area contributed by atoms with Crippen LogP contribution < -0.4 is 31.3 Å². The molecule has 8 rings (SSSR count). The molecule has 0 spiro atoms. The van der Waals surface area contributed by atoms with Crippen LogP contribution in [0.15, 0.2) is 72.9 Å². The Hall–Kier alpha value is -7.67. The van der Waals surface area contributed by atoms with E-state index in [-0.39, 0.29) is 79.4 Å². The minimum atomic E-state index is -0.540. The molecule has 2 bridgehead atoms. The number of halogens is 1. The summed E-state index contributed by atoms with van der Waals surface area (Å²) in [5.74, 6) is -0.302. The first kappa shape index (κ1) is 49.7. The molecule has 2 atom stereocenters. The summed E-state index contributed by atoms with van der Waals surface area (Å²) >= 11 is 0. The lowest BCUT2D eigenvalue weighted by atomic mass is 10.1. The standard InChI is InChI=1S/C52H60FN11O7/c1-33-7-10-37(27-42(33)63(32-65)21-17-44(66)55-2)52(70)61-24-22-60(23-25-61)20-18-46(68)62-19-5-4-6-40-30-56-49(54)48-47(59-50(64(40)48)36-13-15-39(26-36)58-45(67)31-62)35-11-8-34(9-12-35)29-57-51(69)41-28-38(53)14-16-43(41)71-3/h4,6-12,14,16,27-28,30,32,36,39H,5,13,15,17-26,29,31H2,1-3H3,(H2,54,56)(H,55,66)(H,57,69)(H,58,67)/b6-4+/t36-,39?/m1/s1. The van der Waals surface area contributed by atoms with Crippen LogP contribution >= 0.6 is 0 Å². The number of aromatic nitrogens is 3. The summed E-state index contributed by atoms with van der Waals surface area (Å²) in [6.07, 6.45) is 9.28. The van der Waals surface area contributed by atoms with Crippen molar-refractivity contribution in [1.82, 2.24) is 45.0 Å². The highest BCUT2D eigenvalue weighted by Crippen LogP contribution is 2.39. The van der Waals surface area contributed by atoms with Crippen molar-refractivity contribution in [1.29, 1.82) is 0 Å². The zero-order chi connectivity index (χ0) is 50.2. The Kier molecular flexibility index (Phi) is 15.7. The second-order valence-corrected chi connectivity index (χ2v) is 18.2. The molecule has 5 aromatic rings. The van der Waals surface area contributed by atoms with Gasteiger partial charge in [0.05, 0.1) is 31.1 Å². The molecule has 6 amide bonds. The van der Waals surface area contributed by atoms with Crippen molar-refractivity contribution in [2.75, 3.05) is 77.1 Å². The summed E-state index contributed by atoms with van der Waals surface area (Å²) in [6, 6.07) is 16.5. The third kappa shape index (κ3) is 11.5. The van der Waals surface area contributed by atoms with E-state index in [1.165, 1.54) is 24.1 Å². The van der Waals surface area contributed by atoms with E-state index >= 15 is 0 Å². The van der Waals surface area contributed by atoms with Gasteiger partial charge in [-0.1, -0.05) is 36.4 Å². The second kappa shape index (κ2) is 22.4. The lowest BCUT2D eigenvalue weighted by Gasteiger charge is -2.35. The number of ether oxygens (including phenoxy) is 1. The number of benzene rings is 3. The van der Waals surface area contributed by atoms with Crippen molar-refractivity contribution >= 4 is 59.0 Å². The minimum Gasteiger partial charge on any atom is -0.496 e. The van der Waals surface area contributed by atoms with E-state index in [0.717, 1.165) is 47.1 Å². The number of hydrogen-bond acceptors (Lipinski definition) is 11. The number of nitrogen functional groups attached to an aromatic ring is 1. The van der Waals surface area contributed by atoms with Gasteiger partial charge >= 0.3 is 0 Å². The maximum atomic E-state index is 13.9. The fraction of sp³-hybridized carbons (Fsp3) is 0.385. The molecular formula is C52H60FN11O7. The number of nitrogens with one attached hydrogen (secondary N) is 3. The number of amides is 6. The molecule has 2 aliphatic heterocycles. The molecule has 3 aliphatic rings. The number of imidazole rings is 1. The van der Waals surface area contributed by atoms with Crippen LogP contribution in [0.5, 0.6) is 5.75 Å². The first-order chi connectivity index (χ1) is 34.3. The fourth-order valence-corrected chi connectivity index (χ4v) is 9.62. The molecule has 18 nitrogen and oxygen atoms in total. The largest absolute Gasteiger partial charge is 0.496 e. The molecule has 3 aromatic carbocycles. The minimum absolute atomic E-state index is 0.00485. The van der Waals surface area contributed by atoms with Crippen LogP contribution in [0.25, 0.3) is 22.9 Å². The molecule has 1 saturated heterocycles. The van der Waals surface area contributed by atoms with Gasteiger partial charge in [0.1, 0.15) is 34.4 Å². The molecule has 1 saturated carbocycles. The fourth-order valence-electron chi connectivity index (χ4n) is 9.62. The summed E-state index contributed by atoms with van der Waals surface area (Å²) in [6.45, 7) is 5.01.